The first-order chi connectivity index (χ1) is 18.4. The lowest BCUT2D eigenvalue weighted by Gasteiger charge is -2.26. The van der Waals surface area contributed by atoms with Gasteiger partial charge in [0.2, 0.25) is 0 Å². The van der Waals surface area contributed by atoms with Crippen LogP contribution in [0.2, 0.25) is 0 Å². The second-order valence-electron chi connectivity index (χ2n) is 11.3. The van der Waals surface area contributed by atoms with Crippen molar-refractivity contribution in [3.05, 3.63) is 0 Å². The molecule has 0 aliphatic heterocycles. The van der Waals surface area contributed by atoms with E-state index in [1.165, 1.54) is 101 Å². The van der Waals surface area contributed by atoms with Gasteiger partial charge in [0, 0.05) is 0 Å². The van der Waals surface area contributed by atoms with E-state index in [1.54, 1.807) is 6.92 Å². The molecule has 0 aromatic heterocycles. The van der Waals surface area contributed by atoms with Crippen LogP contribution in [0.25, 0.3) is 0 Å². The van der Waals surface area contributed by atoms with Gasteiger partial charge in [-0.05, 0) is 60.5 Å². The van der Waals surface area contributed by atoms with E-state index in [0.717, 1.165) is 31.1 Å². The fourth-order valence-electron chi connectivity index (χ4n) is 5.63. The lowest BCUT2D eigenvalue weighted by atomic mass is 9.81. The maximum atomic E-state index is 11.7. The molecule has 0 radical (unpaired) electrons. The summed E-state index contributed by atoms with van der Waals surface area (Å²) in [7, 11) is -3.17. The summed E-state index contributed by atoms with van der Waals surface area (Å²) in [6.07, 6.45) is 23.4. The Morgan fingerprint density at radius 1 is 0.895 bits per heavy atom. The van der Waals surface area contributed by atoms with E-state index in [-0.39, 0.29) is 6.61 Å². The molecule has 0 spiro atoms. The van der Waals surface area contributed by atoms with E-state index >= 15 is 0 Å². The minimum atomic E-state index is -3.17. The third-order valence-corrected chi connectivity index (χ3v) is 9.94. The van der Waals surface area contributed by atoms with Crippen molar-refractivity contribution in [3.8, 4) is 0 Å². The first-order valence-electron chi connectivity index (χ1n) is 15.7. The smallest absolute Gasteiger partial charge is 0.474 e. The summed E-state index contributed by atoms with van der Waals surface area (Å²) in [5, 5.41) is 9.46. The highest BCUT2D eigenvalue weighted by Gasteiger charge is 2.62. The summed E-state index contributed by atoms with van der Waals surface area (Å²) in [5.74, 6) is 2.99. The number of hydrogen-bond acceptors (Lipinski definition) is 5. The van der Waals surface area contributed by atoms with Crippen LogP contribution < -0.4 is 0 Å². The maximum Gasteiger partial charge on any atom is 0.586 e. The number of thioether (sulfide) groups is 1. The molecule has 2 N–H and O–H groups in total. The van der Waals surface area contributed by atoms with Gasteiger partial charge in [-0.1, -0.05) is 110 Å². The Balaban J connectivity index is 2.16. The van der Waals surface area contributed by atoms with Crippen LogP contribution in [0.4, 0.5) is 0 Å². The molecule has 0 aromatic rings. The minimum Gasteiger partial charge on any atom is -0.474 e. The number of carboxylic acid groups (broad SMARTS) is 1. The van der Waals surface area contributed by atoms with Gasteiger partial charge in [0.25, 0.3) is 0 Å². The lowest BCUT2D eigenvalue weighted by Crippen LogP contribution is -2.43. The number of carboxylic acids is 1. The van der Waals surface area contributed by atoms with Crippen molar-refractivity contribution in [2.24, 2.45) is 11.8 Å². The number of unbranched alkanes of at least 4 members (excludes halogenated alkanes) is 7. The normalized spacial score (nSPS) is 18.5. The van der Waals surface area contributed by atoms with Crippen LogP contribution in [0, 0.1) is 11.8 Å². The Bertz CT molecular complexity index is 598. The van der Waals surface area contributed by atoms with E-state index in [9.17, 15) is 19.4 Å². The van der Waals surface area contributed by atoms with Crippen molar-refractivity contribution < 1.29 is 28.8 Å². The van der Waals surface area contributed by atoms with Gasteiger partial charge in [-0.3, -0.25) is 9.47 Å². The average Bonchev–Trinajstić information content (AvgIpc) is 3.18. The third kappa shape index (κ3) is 15.0. The SMILES string of the molecule is CCCCCC(CCSCCCCCCCCC(C)OC(OCCC)(C(=O)O)[P+](=O)O)C1CCCCCC1. The largest absolute Gasteiger partial charge is 0.586 e. The molecule has 1 fully saturated rings. The fraction of sp³-hybridized carbons (Fsp3) is 0.967. The van der Waals surface area contributed by atoms with Gasteiger partial charge in [0.05, 0.1) is 12.7 Å². The Labute approximate surface area is 238 Å². The molecule has 0 amide bonds. The molecule has 4 unspecified atom stereocenters. The van der Waals surface area contributed by atoms with E-state index < -0.39 is 25.6 Å². The summed E-state index contributed by atoms with van der Waals surface area (Å²) in [6.45, 7) is 5.92. The molecule has 224 valence electrons. The topological polar surface area (TPSA) is 93.1 Å². The summed E-state index contributed by atoms with van der Waals surface area (Å²) in [5.41, 5.74) is -2.46. The molecule has 4 atom stereocenters. The summed E-state index contributed by atoms with van der Waals surface area (Å²) in [6, 6.07) is 0. The molecule has 0 aromatic carbocycles. The van der Waals surface area contributed by atoms with Crippen molar-refractivity contribution >= 4 is 25.8 Å². The molecular formula is C30H58O6PS+. The Morgan fingerprint density at radius 3 is 2.13 bits per heavy atom. The zero-order chi connectivity index (χ0) is 28.1. The van der Waals surface area contributed by atoms with Crippen molar-refractivity contribution in [1.29, 1.82) is 0 Å². The molecular weight excluding hydrogens is 519 g/mol. The van der Waals surface area contributed by atoms with Gasteiger partial charge in [0.15, 0.2) is 0 Å². The third-order valence-electron chi connectivity index (χ3n) is 7.91. The van der Waals surface area contributed by atoms with Gasteiger partial charge in [-0.2, -0.15) is 16.7 Å². The highest BCUT2D eigenvalue weighted by atomic mass is 32.2. The lowest BCUT2D eigenvalue weighted by molar-refractivity contribution is -0.221. The Hall–Kier alpha value is -0.200. The van der Waals surface area contributed by atoms with Crippen molar-refractivity contribution in [2.45, 2.75) is 154 Å². The van der Waals surface area contributed by atoms with E-state index in [1.807, 2.05) is 6.92 Å². The number of ether oxygens (including phenoxy) is 2. The number of aliphatic carboxylic acids is 1. The minimum absolute atomic E-state index is 0.0546. The van der Waals surface area contributed by atoms with Gasteiger partial charge in [0.1, 0.15) is 0 Å². The maximum absolute atomic E-state index is 11.7. The molecule has 38 heavy (non-hydrogen) atoms. The Morgan fingerprint density at radius 2 is 1.53 bits per heavy atom. The molecule has 0 saturated heterocycles. The quantitative estimate of drug-likeness (QED) is 0.0511. The van der Waals surface area contributed by atoms with Gasteiger partial charge in [-0.15, -0.1) is 0 Å². The zero-order valence-electron chi connectivity index (χ0n) is 24.7. The molecule has 1 rings (SSSR count). The van der Waals surface area contributed by atoms with Crippen LogP contribution >= 0.6 is 19.8 Å². The first kappa shape index (κ1) is 35.8. The van der Waals surface area contributed by atoms with Crippen molar-refractivity contribution in [2.75, 3.05) is 18.1 Å². The van der Waals surface area contributed by atoms with Gasteiger partial charge < -0.3 is 5.11 Å². The number of hydrogen-bond donors (Lipinski definition) is 2. The van der Waals surface area contributed by atoms with E-state index in [0.29, 0.717) is 12.8 Å². The zero-order valence-corrected chi connectivity index (χ0v) is 26.4. The van der Waals surface area contributed by atoms with Crippen molar-refractivity contribution in [1.82, 2.24) is 0 Å². The van der Waals surface area contributed by atoms with E-state index in [4.69, 9.17) is 9.47 Å². The average molecular weight is 578 g/mol. The molecule has 1 saturated carbocycles. The van der Waals surface area contributed by atoms with Crippen LogP contribution in [0.3, 0.4) is 0 Å². The predicted molar refractivity (Wildman–Crippen MR) is 160 cm³/mol. The van der Waals surface area contributed by atoms with Crippen LogP contribution in [0.15, 0.2) is 0 Å². The summed E-state index contributed by atoms with van der Waals surface area (Å²) in [4.78, 5) is 21.2. The standard InChI is InChI=1S/C30H57O6PS/c1-4-6-13-19-28(27-20-15-10-11-16-21-27)22-25-38-24-17-12-8-7-9-14-18-26(3)36-30(29(31)32,37(33)34)35-23-5-2/h26-28H,4-25H2,1-3H3,(H-,31,32,33,34)/p+1. The van der Waals surface area contributed by atoms with Crippen molar-refractivity contribution in [3.63, 3.8) is 0 Å². The van der Waals surface area contributed by atoms with E-state index in [2.05, 4.69) is 18.7 Å². The summed E-state index contributed by atoms with van der Waals surface area (Å²) >= 11 is 2.16. The van der Waals surface area contributed by atoms with Crippen LogP contribution in [-0.4, -0.2) is 45.7 Å². The molecule has 1 aliphatic rings. The molecule has 0 bridgehead atoms. The molecule has 1 aliphatic carbocycles. The van der Waals surface area contributed by atoms with Crippen LogP contribution in [-0.2, 0) is 18.8 Å². The first-order valence-corrected chi connectivity index (χ1v) is 18.0. The second kappa shape index (κ2) is 22.5. The number of carbonyl (C=O) groups is 1. The van der Waals surface area contributed by atoms with Gasteiger partial charge >= 0.3 is 19.5 Å². The van der Waals surface area contributed by atoms with Crippen LogP contribution in [0.1, 0.15) is 143 Å². The summed E-state index contributed by atoms with van der Waals surface area (Å²) < 4.78 is 22.4. The Kier molecular flexibility index (Phi) is 21.2. The number of rotatable bonds is 24. The molecule has 0 heterocycles. The van der Waals surface area contributed by atoms with Crippen LogP contribution in [0.5, 0.6) is 0 Å². The molecule has 6 nitrogen and oxygen atoms in total. The molecule has 8 heteroatoms. The predicted octanol–water partition coefficient (Wildman–Crippen LogP) is 9.31. The second-order valence-corrected chi connectivity index (χ2v) is 13.6. The fourth-order valence-corrected chi connectivity index (χ4v) is 7.35. The highest BCUT2D eigenvalue weighted by Crippen LogP contribution is 2.40. The monoisotopic (exact) mass is 577 g/mol. The highest BCUT2D eigenvalue weighted by molar-refractivity contribution is 7.99. The van der Waals surface area contributed by atoms with Gasteiger partial charge in [-0.25, -0.2) is 4.79 Å².